The number of benzene rings is 1. The molecule has 0 N–H and O–H groups in total. The summed E-state index contributed by atoms with van der Waals surface area (Å²) in [5.41, 5.74) is 2.38. The highest BCUT2D eigenvalue weighted by Gasteiger charge is 2.50. The Morgan fingerprint density at radius 1 is 1.16 bits per heavy atom. The summed E-state index contributed by atoms with van der Waals surface area (Å²) in [5.74, 6) is 0.885. The number of ether oxygens (including phenoxy) is 4. The fourth-order valence-corrected chi connectivity index (χ4v) is 4.59. The largest absolute Gasteiger partial charge is 0.496 e. The number of likely N-dealkylation sites (tertiary alicyclic amines) is 1. The SMILES string of the molecule is COCc1cc(CN2CC[C@@]3(OC)CC[C@H](OC)C[C@@H]23)ccc1OC. The summed E-state index contributed by atoms with van der Waals surface area (Å²) in [6.45, 7) is 2.56. The Morgan fingerprint density at radius 3 is 2.68 bits per heavy atom. The molecular weight excluding hydrogens is 318 g/mol. The molecule has 0 unspecified atom stereocenters. The van der Waals surface area contributed by atoms with Gasteiger partial charge < -0.3 is 18.9 Å². The van der Waals surface area contributed by atoms with E-state index < -0.39 is 0 Å². The molecule has 1 saturated carbocycles. The van der Waals surface area contributed by atoms with E-state index in [0.717, 1.165) is 50.1 Å². The Kier molecular flexibility index (Phi) is 6.00. The third-order valence-corrected chi connectivity index (χ3v) is 6.02. The van der Waals surface area contributed by atoms with Crippen molar-refractivity contribution in [3.8, 4) is 5.75 Å². The van der Waals surface area contributed by atoms with E-state index in [9.17, 15) is 0 Å². The highest BCUT2D eigenvalue weighted by molar-refractivity contribution is 5.37. The van der Waals surface area contributed by atoms with Crippen LogP contribution in [-0.2, 0) is 27.4 Å². The van der Waals surface area contributed by atoms with Crippen LogP contribution in [0, 0.1) is 0 Å². The van der Waals surface area contributed by atoms with Gasteiger partial charge in [-0.25, -0.2) is 0 Å². The standard InChI is InChI=1S/C20H31NO4/c1-22-14-16-11-15(5-6-18(16)24-3)13-21-10-9-20(25-4)8-7-17(23-2)12-19(20)21/h5-6,11,17,19H,7-10,12-14H2,1-4H3/t17-,19+,20-/m0/s1. The van der Waals surface area contributed by atoms with Crippen LogP contribution in [0.15, 0.2) is 18.2 Å². The van der Waals surface area contributed by atoms with Crippen molar-refractivity contribution >= 4 is 0 Å². The molecule has 1 aliphatic carbocycles. The van der Waals surface area contributed by atoms with Crippen LogP contribution in [0.4, 0.5) is 0 Å². The molecule has 1 aromatic rings. The lowest BCUT2D eigenvalue weighted by Crippen LogP contribution is -2.51. The van der Waals surface area contributed by atoms with Crippen molar-refractivity contribution < 1.29 is 18.9 Å². The van der Waals surface area contributed by atoms with Gasteiger partial charge >= 0.3 is 0 Å². The molecule has 3 rings (SSSR count). The number of rotatable bonds is 7. The van der Waals surface area contributed by atoms with Crippen LogP contribution < -0.4 is 4.74 Å². The van der Waals surface area contributed by atoms with Gasteiger partial charge in [0.15, 0.2) is 0 Å². The van der Waals surface area contributed by atoms with Gasteiger partial charge in [-0.1, -0.05) is 6.07 Å². The molecule has 0 radical (unpaired) electrons. The molecule has 5 nitrogen and oxygen atoms in total. The van der Waals surface area contributed by atoms with E-state index in [1.807, 2.05) is 20.3 Å². The quantitative estimate of drug-likeness (QED) is 0.757. The topological polar surface area (TPSA) is 40.2 Å². The van der Waals surface area contributed by atoms with E-state index >= 15 is 0 Å². The van der Waals surface area contributed by atoms with Gasteiger partial charge in [0.05, 0.1) is 25.4 Å². The van der Waals surface area contributed by atoms with Crippen molar-refractivity contribution in [2.45, 2.75) is 56.6 Å². The molecule has 0 spiro atoms. The smallest absolute Gasteiger partial charge is 0.124 e. The first-order chi connectivity index (χ1) is 12.2. The van der Waals surface area contributed by atoms with Crippen LogP contribution >= 0.6 is 0 Å². The molecule has 1 heterocycles. The highest BCUT2D eigenvalue weighted by atomic mass is 16.5. The molecule has 0 bridgehead atoms. The highest BCUT2D eigenvalue weighted by Crippen LogP contribution is 2.43. The molecule has 0 amide bonds. The minimum Gasteiger partial charge on any atom is -0.496 e. The number of hydrogen-bond acceptors (Lipinski definition) is 5. The van der Waals surface area contributed by atoms with Gasteiger partial charge in [0, 0.05) is 46.0 Å². The van der Waals surface area contributed by atoms with Crippen molar-refractivity contribution in [1.82, 2.24) is 4.90 Å². The third-order valence-electron chi connectivity index (χ3n) is 6.02. The monoisotopic (exact) mass is 349 g/mol. The first-order valence-electron chi connectivity index (χ1n) is 9.12. The summed E-state index contributed by atoms with van der Waals surface area (Å²) in [4.78, 5) is 2.56. The zero-order chi connectivity index (χ0) is 17.9. The molecule has 140 valence electrons. The summed E-state index contributed by atoms with van der Waals surface area (Å²) in [7, 11) is 7.11. The predicted molar refractivity (Wildman–Crippen MR) is 96.9 cm³/mol. The van der Waals surface area contributed by atoms with Crippen molar-refractivity contribution in [2.75, 3.05) is 35.0 Å². The van der Waals surface area contributed by atoms with Crippen molar-refractivity contribution in [3.63, 3.8) is 0 Å². The second kappa shape index (κ2) is 8.04. The molecule has 25 heavy (non-hydrogen) atoms. The van der Waals surface area contributed by atoms with Crippen LogP contribution in [0.3, 0.4) is 0 Å². The number of methoxy groups -OCH3 is 4. The van der Waals surface area contributed by atoms with E-state index in [-0.39, 0.29) is 5.60 Å². The van der Waals surface area contributed by atoms with Gasteiger partial charge in [0.1, 0.15) is 5.75 Å². The van der Waals surface area contributed by atoms with Gasteiger partial charge in [-0.05, 0) is 43.4 Å². The Hall–Kier alpha value is -1.14. The molecular formula is C20H31NO4. The lowest BCUT2D eigenvalue weighted by atomic mass is 9.79. The summed E-state index contributed by atoms with van der Waals surface area (Å²) in [6, 6.07) is 6.82. The lowest BCUT2D eigenvalue weighted by molar-refractivity contribution is -0.0947. The molecule has 3 atom stereocenters. The van der Waals surface area contributed by atoms with Gasteiger partial charge in [-0.15, -0.1) is 0 Å². The maximum absolute atomic E-state index is 6.03. The first kappa shape index (κ1) is 18.6. The molecule has 5 heteroatoms. The normalized spacial score (nSPS) is 29.6. The lowest BCUT2D eigenvalue weighted by Gasteiger charge is -2.43. The fourth-order valence-electron chi connectivity index (χ4n) is 4.59. The van der Waals surface area contributed by atoms with Crippen LogP contribution in [0.2, 0.25) is 0 Å². The Labute approximate surface area is 151 Å². The van der Waals surface area contributed by atoms with E-state index in [0.29, 0.717) is 18.8 Å². The number of fused-ring (bicyclic) bond motifs is 1. The van der Waals surface area contributed by atoms with Crippen LogP contribution in [0.1, 0.15) is 36.8 Å². The first-order valence-corrected chi connectivity index (χ1v) is 9.12. The summed E-state index contributed by atoms with van der Waals surface area (Å²) < 4.78 is 22.4. The predicted octanol–water partition coefficient (Wildman–Crippen LogP) is 3.00. The van der Waals surface area contributed by atoms with Gasteiger partial charge in [-0.3, -0.25) is 4.90 Å². The van der Waals surface area contributed by atoms with E-state index in [4.69, 9.17) is 18.9 Å². The van der Waals surface area contributed by atoms with Crippen molar-refractivity contribution in [2.24, 2.45) is 0 Å². The molecule has 1 aliphatic heterocycles. The number of nitrogens with zero attached hydrogens (tertiary/aromatic N) is 1. The zero-order valence-corrected chi connectivity index (χ0v) is 15.9. The zero-order valence-electron chi connectivity index (χ0n) is 15.9. The molecule has 1 aromatic carbocycles. The van der Waals surface area contributed by atoms with Crippen molar-refractivity contribution in [1.29, 1.82) is 0 Å². The second-order valence-corrected chi connectivity index (χ2v) is 7.22. The Bertz CT molecular complexity index is 579. The summed E-state index contributed by atoms with van der Waals surface area (Å²) in [6.07, 6.45) is 4.67. The van der Waals surface area contributed by atoms with Gasteiger partial charge in [0.25, 0.3) is 0 Å². The van der Waals surface area contributed by atoms with E-state index in [1.54, 1.807) is 14.2 Å². The maximum Gasteiger partial charge on any atom is 0.124 e. The van der Waals surface area contributed by atoms with Gasteiger partial charge in [0.2, 0.25) is 0 Å². The van der Waals surface area contributed by atoms with E-state index in [2.05, 4.69) is 17.0 Å². The van der Waals surface area contributed by atoms with Gasteiger partial charge in [-0.2, -0.15) is 0 Å². The number of hydrogen-bond donors (Lipinski definition) is 0. The minimum absolute atomic E-state index is 0.00312. The van der Waals surface area contributed by atoms with E-state index in [1.165, 1.54) is 5.56 Å². The summed E-state index contributed by atoms with van der Waals surface area (Å²) in [5, 5.41) is 0. The molecule has 2 aliphatic rings. The van der Waals surface area contributed by atoms with Crippen LogP contribution in [0.25, 0.3) is 0 Å². The minimum atomic E-state index is -0.00312. The van der Waals surface area contributed by atoms with Crippen LogP contribution in [-0.4, -0.2) is 57.6 Å². The van der Waals surface area contributed by atoms with Crippen LogP contribution in [0.5, 0.6) is 5.75 Å². The average Bonchev–Trinajstić information content (AvgIpc) is 3.00. The summed E-state index contributed by atoms with van der Waals surface area (Å²) >= 11 is 0. The molecule has 2 fully saturated rings. The molecule has 0 aromatic heterocycles. The second-order valence-electron chi connectivity index (χ2n) is 7.22. The Morgan fingerprint density at radius 2 is 2.00 bits per heavy atom. The molecule has 1 saturated heterocycles. The fraction of sp³-hybridized carbons (Fsp3) is 0.700. The average molecular weight is 349 g/mol. The maximum atomic E-state index is 6.03. The Balaban J connectivity index is 1.77. The van der Waals surface area contributed by atoms with Crippen molar-refractivity contribution in [3.05, 3.63) is 29.3 Å². The third kappa shape index (κ3) is 3.70.